The summed E-state index contributed by atoms with van der Waals surface area (Å²) in [5, 5.41) is 0. The van der Waals surface area contributed by atoms with Crippen LogP contribution < -0.4 is 4.74 Å². The second-order valence-electron chi connectivity index (χ2n) is 5.80. The lowest BCUT2D eigenvalue weighted by molar-refractivity contribution is -0.139. The van der Waals surface area contributed by atoms with Crippen molar-refractivity contribution >= 4 is 21.9 Å². The van der Waals surface area contributed by atoms with Crippen molar-refractivity contribution in [2.45, 2.75) is 24.6 Å². The van der Waals surface area contributed by atoms with E-state index in [9.17, 15) is 4.79 Å². The third-order valence-corrected chi connectivity index (χ3v) is 4.58. The molecule has 0 saturated heterocycles. The number of carbonyl (C=O) groups excluding carboxylic acids is 1. The molecule has 27 heavy (non-hydrogen) atoms. The van der Waals surface area contributed by atoms with Crippen LogP contribution in [0.4, 0.5) is 0 Å². The molecule has 7 nitrogen and oxygen atoms in total. The number of ether oxygens (including phenoxy) is 2. The van der Waals surface area contributed by atoms with Gasteiger partial charge in [0, 0.05) is 18.7 Å². The maximum atomic E-state index is 11.4. The van der Waals surface area contributed by atoms with Crippen LogP contribution in [-0.2, 0) is 22.4 Å². The summed E-state index contributed by atoms with van der Waals surface area (Å²) in [6, 6.07) is 7.23. The van der Waals surface area contributed by atoms with Gasteiger partial charge in [0.1, 0.15) is 10.6 Å². The Labute approximate surface area is 164 Å². The quantitative estimate of drug-likeness (QED) is 0.394. The Kier molecular flexibility index (Phi) is 6.28. The van der Waals surface area contributed by atoms with Crippen molar-refractivity contribution in [3.05, 3.63) is 53.7 Å². The first-order valence-electron chi connectivity index (χ1n) is 8.36. The van der Waals surface area contributed by atoms with Crippen molar-refractivity contribution in [1.82, 2.24) is 9.97 Å². The van der Waals surface area contributed by atoms with Gasteiger partial charge >= 0.3 is 5.97 Å². The molecule has 0 N–H and O–H groups in total. The summed E-state index contributed by atoms with van der Waals surface area (Å²) in [7, 11) is 1.36. The number of hydrogen-bond acceptors (Lipinski definition) is 7. The monoisotopic (exact) mass is 434 g/mol. The molecule has 0 aliphatic rings. The van der Waals surface area contributed by atoms with Gasteiger partial charge in [0.25, 0.3) is 5.89 Å². The first-order valence-corrected chi connectivity index (χ1v) is 9.28. The van der Waals surface area contributed by atoms with Crippen molar-refractivity contribution in [2.24, 2.45) is 0 Å². The van der Waals surface area contributed by atoms with Crippen LogP contribution in [0.1, 0.15) is 17.0 Å². The van der Waals surface area contributed by atoms with E-state index < -0.39 is 4.83 Å². The molecule has 0 aliphatic carbocycles. The van der Waals surface area contributed by atoms with E-state index in [0.717, 1.165) is 17.0 Å². The Bertz CT molecular complexity index is 874. The highest BCUT2D eigenvalue weighted by Crippen LogP contribution is 2.22. The Morgan fingerprint density at radius 2 is 2.19 bits per heavy atom. The lowest BCUT2D eigenvalue weighted by atomic mass is 10.1. The molecule has 0 saturated carbocycles. The predicted molar refractivity (Wildman–Crippen MR) is 101 cm³/mol. The summed E-state index contributed by atoms with van der Waals surface area (Å²) >= 11 is 3.29. The number of alkyl halides is 1. The highest BCUT2D eigenvalue weighted by Gasteiger charge is 2.16. The van der Waals surface area contributed by atoms with Crippen LogP contribution in [0.25, 0.3) is 11.7 Å². The van der Waals surface area contributed by atoms with Crippen molar-refractivity contribution in [2.75, 3.05) is 13.7 Å². The van der Waals surface area contributed by atoms with Crippen LogP contribution in [0, 0.1) is 6.92 Å². The maximum Gasteiger partial charge on any atom is 0.319 e. The van der Waals surface area contributed by atoms with Crippen LogP contribution in [0.2, 0.25) is 0 Å². The molecule has 3 aromatic heterocycles. The number of pyridine rings is 1. The molecule has 0 aliphatic heterocycles. The van der Waals surface area contributed by atoms with Crippen LogP contribution in [-0.4, -0.2) is 34.5 Å². The van der Waals surface area contributed by atoms with E-state index in [1.165, 1.54) is 7.11 Å². The lowest BCUT2D eigenvalue weighted by Gasteiger charge is -2.08. The summed E-state index contributed by atoms with van der Waals surface area (Å²) in [6.07, 6.45) is 4.35. The number of halogens is 1. The van der Waals surface area contributed by atoms with E-state index in [-0.39, 0.29) is 5.97 Å². The molecule has 0 amide bonds. The summed E-state index contributed by atoms with van der Waals surface area (Å²) in [4.78, 5) is 19.7. The molecular formula is C19H19BrN2O5. The SMILES string of the molecule is COC(=O)C(Br)Cc1ccc(OCCc2nc(-c3ccco3)oc2C)nc1. The fourth-order valence-corrected chi connectivity index (χ4v) is 3.01. The molecule has 0 fully saturated rings. The molecule has 142 valence electrons. The predicted octanol–water partition coefficient (Wildman–Crippen LogP) is 3.74. The number of methoxy groups -OCH3 is 1. The lowest BCUT2D eigenvalue weighted by Crippen LogP contribution is -2.18. The van der Waals surface area contributed by atoms with Gasteiger partial charge in [-0.25, -0.2) is 9.97 Å². The molecule has 8 heteroatoms. The van der Waals surface area contributed by atoms with Crippen LogP contribution >= 0.6 is 15.9 Å². The second kappa shape index (κ2) is 8.85. The molecule has 0 spiro atoms. The molecular weight excluding hydrogens is 416 g/mol. The minimum absolute atomic E-state index is 0.313. The number of esters is 1. The largest absolute Gasteiger partial charge is 0.477 e. The summed E-state index contributed by atoms with van der Waals surface area (Å²) in [6.45, 7) is 2.28. The Hall–Kier alpha value is -2.61. The number of aryl methyl sites for hydroxylation is 1. The van der Waals surface area contributed by atoms with Gasteiger partial charge in [0.05, 0.1) is 25.7 Å². The molecule has 0 bridgehead atoms. The minimum atomic E-state index is -0.394. The van der Waals surface area contributed by atoms with E-state index in [1.54, 1.807) is 30.7 Å². The van der Waals surface area contributed by atoms with Gasteiger partial charge in [-0.1, -0.05) is 22.0 Å². The zero-order valence-electron chi connectivity index (χ0n) is 15.0. The number of carbonyl (C=O) groups is 1. The average molecular weight is 435 g/mol. The van der Waals surface area contributed by atoms with Gasteiger partial charge in [-0.2, -0.15) is 0 Å². The Morgan fingerprint density at radius 1 is 1.33 bits per heavy atom. The second-order valence-corrected chi connectivity index (χ2v) is 6.90. The van der Waals surface area contributed by atoms with E-state index in [1.807, 2.05) is 13.0 Å². The number of oxazole rings is 1. The molecule has 3 aromatic rings. The molecule has 3 heterocycles. The first kappa shape index (κ1) is 19.2. The highest BCUT2D eigenvalue weighted by atomic mass is 79.9. The molecule has 0 radical (unpaired) electrons. The third-order valence-electron chi connectivity index (χ3n) is 3.88. The molecule has 0 aromatic carbocycles. The fraction of sp³-hybridized carbons (Fsp3) is 0.316. The normalized spacial score (nSPS) is 12.0. The summed E-state index contributed by atoms with van der Waals surface area (Å²) in [5.74, 6) is 1.99. The smallest absolute Gasteiger partial charge is 0.319 e. The van der Waals surface area contributed by atoms with E-state index >= 15 is 0 Å². The van der Waals surface area contributed by atoms with Crippen molar-refractivity contribution in [3.63, 3.8) is 0 Å². The number of rotatable bonds is 8. The number of nitrogens with zero attached hydrogens (tertiary/aromatic N) is 2. The topological polar surface area (TPSA) is 87.6 Å². The number of aromatic nitrogens is 2. The summed E-state index contributed by atoms with van der Waals surface area (Å²) < 4.78 is 21.3. The minimum Gasteiger partial charge on any atom is -0.477 e. The molecule has 1 atom stereocenters. The van der Waals surface area contributed by atoms with Gasteiger partial charge in [0.15, 0.2) is 5.76 Å². The number of furan rings is 1. The van der Waals surface area contributed by atoms with Gasteiger partial charge in [-0.3, -0.25) is 4.79 Å². The zero-order chi connectivity index (χ0) is 19.2. The maximum absolute atomic E-state index is 11.4. The number of hydrogen-bond donors (Lipinski definition) is 0. The average Bonchev–Trinajstić information content (AvgIpc) is 3.32. The Morgan fingerprint density at radius 3 is 2.85 bits per heavy atom. The van der Waals surface area contributed by atoms with Crippen molar-refractivity contribution in [1.29, 1.82) is 0 Å². The van der Waals surface area contributed by atoms with E-state index in [2.05, 4.69) is 30.6 Å². The van der Waals surface area contributed by atoms with E-state index in [0.29, 0.717) is 37.0 Å². The Balaban J connectivity index is 1.51. The third kappa shape index (κ3) is 4.97. The van der Waals surface area contributed by atoms with Gasteiger partial charge in [0.2, 0.25) is 5.88 Å². The van der Waals surface area contributed by atoms with Crippen molar-refractivity contribution < 1.29 is 23.1 Å². The van der Waals surface area contributed by atoms with Crippen LogP contribution in [0.3, 0.4) is 0 Å². The standard InChI is InChI=1S/C19H19BrN2O5/c1-12-15(22-18(27-12)16-4-3-8-25-16)7-9-26-17-6-5-13(11-21-17)10-14(20)19(23)24-2/h3-6,8,11,14H,7,9-10H2,1-2H3. The highest BCUT2D eigenvalue weighted by molar-refractivity contribution is 9.10. The first-order chi connectivity index (χ1) is 13.1. The van der Waals surface area contributed by atoms with Crippen LogP contribution in [0.5, 0.6) is 5.88 Å². The van der Waals surface area contributed by atoms with E-state index in [4.69, 9.17) is 13.6 Å². The van der Waals surface area contributed by atoms with Gasteiger partial charge < -0.3 is 18.3 Å². The summed E-state index contributed by atoms with van der Waals surface area (Å²) in [5.41, 5.74) is 1.73. The molecule has 3 rings (SSSR count). The van der Waals surface area contributed by atoms with Gasteiger partial charge in [-0.15, -0.1) is 0 Å². The zero-order valence-corrected chi connectivity index (χ0v) is 16.6. The van der Waals surface area contributed by atoms with Crippen molar-refractivity contribution in [3.8, 4) is 17.5 Å². The van der Waals surface area contributed by atoms with Gasteiger partial charge in [-0.05, 0) is 31.0 Å². The fourth-order valence-electron chi connectivity index (χ4n) is 2.45. The van der Waals surface area contributed by atoms with Crippen LogP contribution in [0.15, 0.2) is 45.6 Å². The molecule has 1 unspecified atom stereocenters.